The average molecular weight is 277 g/mol. The van der Waals surface area contributed by atoms with Crippen molar-refractivity contribution >= 4 is 0 Å². The third kappa shape index (κ3) is 3.05. The van der Waals surface area contributed by atoms with Gasteiger partial charge in [0.1, 0.15) is 0 Å². The molecule has 7 heteroatoms. The summed E-state index contributed by atoms with van der Waals surface area (Å²) >= 11 is 0. The molecule has 0 spiro atoms. The second kappa shape index (κ2) is 6.15. The van der Waals surface area contributed by atoms with E-state index in [0.29, 0.717) is 36.7 Å². The number of piperidine rings is 1. The SMILES string of the molecule is Cn1ccnc1-c1noc(CCOC2CCNCC2)n1. The van der Waals surface area contributed by atoms with Crippen LogP contribution in [0.15, 0.2) is 16.9 Å². The number of hydrogen-bond acceptors (Lipinski definition) is 6. The lowest BCUT2D eigenvalue weighted by Gasteiger charge is -2.22. The Hall–Kier alpha value is -1.73. The summed E-state index contributed by atoms with van der Waals surface area (Å²) in [7, 11) is 1.90. The van der Waals surface area contributed by atoms with Crippen LogP contribution in [0.2, 0.25) is 0 Å². The Morgan fingerprint density at radius 2 is 2.30 bits per heavy atom. The van der Waals surface area contributed by atoms with Crippen molar-refractivity contribution in [2.45, 2.75) is 25.4 Å². The zero-order chi connectivity index (χ0) is 13.8. The molecule has 2 aromatic rings. The maximum atomic E-state index is 5.82. The lowest BCUT2D eigenvalue weighted by atomic mass is 10.1. The fourth-order valence-corrected chi connectivity index (χ4v) is 2.30. The topological polar surface area (TPSA) is 78.0 Å². The molecule has 0 atom stereocenters. The fourth-order valence-electron chi connectivity index (χ4n) is 2.30. The maximum absolute atomic E-state index is 5.82. The molecule has 3 rings (SSSR count). The number of nitrogens with zero attached hydrogens (tertiary/aromatic N) is 4. The normalized spacial score (nSPS) is 16.6. The maximum Gasteiger partial charge on any atom is 0.238 e. The minimum atomic E-state index is 0.355. The van der Waals surface area contributed by atoms with Crippen molar-refractivity contribution in [1.29, 1.82) is 0 Å². The highest BCUT2D eigenvalue weighted by atomic mass is 16.5. The van der Waals surface area contributed by atoms with Crippen LogP contribution in [-0.4, -0.2) is 45.5 Å². The average Bonchev–Trinajstić information content (AvgIpc) is 3.09. The molecule has 7 nitrogen and oxygen atoms in total. The molecule has 0 saturated carbocycles. The number of ether oxygens (including phenoxy) is 1. The molecule has 1 aliphatic rings. The number of aryl methyl sites for hydroxylation is 1. The van der Waals surface area contributed by atoms with Crippen LogP contribution in [0.4, 0.5) is 0 Å². The predicted octanol–water partition coefficient (Wildman–Crippen LogP) is 0.781. The molecule has 3 heterocycles. The largest absolute Gasteiger partial charge is 0.378 e. The van der Waals surface area contributed by atoms with Gasteiger partial charge in [-0.1, -0.05) is 5.16 Å². The van der Waals surface area contributed by atoms with Crippen molar-refractivity contribution in [3.63, 3.8) is 0 Å². The highest BCUT2D eigenvalue weighted by Crippen LogP contribution is 2.13. The number of nitrogens with one attached hydrogen (secondary N) is 1. The van der Waals surface area contributed by atoms with E-state index in [9.17, 15) is 0 Å². The van der Waals surface area contributed by atoms with Gasteiger partial charge in [0.15, 0.2) is 5.82 Å². The summed E-state index contributed by atoms with van der Waals surface area (Å²) in [6.07, 6.45) is 6.71. The number of aromatic nitrogens is 4. The Bertz CT molecular complexity index is 544. The van der Waals surface area contributed by atoms with Crippen LogP contribution < -0.4 is 5.32 Å². The Balaban J connectivity index is 1.51. The molecule has 20 heavy (non-hydrogen) atoms. The molecule has 0 unspecified atom stereocenters. The Kier molecular flexibility index (Phi) is 4.08. The minimum absolute atomic E-state index is 0.355. The van der Waals surface area contributed by atoms with Crippen molar-refractivity contribution in [3.8, 4) is 11.6 Å². The lowest BCUT2D eigenvalue weighted by molar-refractivity contribution is 0.0322. The quantitative estimate of drug-likeness (QED) is 0.870. The third-order valence-corrected chi connectivity index (χ3v) is 3.44. The molecule has 0 bridgehead atoms. The van der Waals surface area contributed by atoms with Gasteiger partial charge >= 0.3 is 0 Å². The standard InChI is InChI=1S/C13H19N5O2/c1-18-8-7-15-13(18)12-16-11(20-17-12)4-9-19-10-2-5-14-6-3-10/h7-8,10,14H,2-6,9H2,1H3. The van der Waals surface area contributed by atoms with E-state index in [1.807, 2.05) is 17.8 Å². The molecular weight excluding hydrogens is 258 g/mol. The zero-order valence-corrected chi connectivity index (χ0v) is 11.6. The summed E-state index contributed by atoms with van der Waals surface area (Å²) in [4.78, 5) is 8.54. The van der Waals surface area contributed by atoms with Gasteiger partial charge in [0, 0.05) is 19.4 Å². The highest BCUT2D eigenvalue weighted by molar-refractivity contribution is 5.42. The van der Waals surface area contributed by atoms with Gasteiger partial charge in [-0.3, -0.25) is 0 Å². The van der Waals surface area contributed by atoms with Crippen LogP contribution in [0.3, 0.4) is 0 Å². The summed E-state index contributed by atoms with van der Waals surface area (Å²) < 4.78 is 12.9. The van der Waals surface area contributed by atoms with Gasteiger partial charge in [-0.05, 0) is 25.9 Å². The third-order valence-electron chi connectivity index (χ3n) is 3.44. The first-order valence-corrected chi connectivity index (χ1v) is 6.95. The molecule has 1 fully saturated rings. The van der Waals surface area contributed by atoms with E-state index in [1.54, 1.807) is 6.20 Å². The first-order chi connectivity index (χ1) is 9.83. The van der Waals surface area contributed by atoms with Crippen LogP contribution in [0.1, 0.15) is 18.7 Å². The van der Waals surface area contributed by atoms with Gasteiger partial charge in [-0.15, -0.1) is 0 Å². The summed E-state index contributed by atoms with van der Waals surface area (Å²) in [5.41, 5.74) is 0. The molecule has 1 saturated heterocycles. The van der Waals surface area contributed by atoms with Crippen molar-refractivity contribution in [2.75, 3.05) is 19.7 Å². The Morgan fingerprint density at radius 1 is 1.45 bits per heavy atom. The minimum Gasteiger partial charge on any atom is -0.378 e. The van der Waals surface area contributed by atoms with E-state index < -0.39 is 0 Å². The van der Waals surface area contributed by atoms with E-state index in [0.717, 1.165) is 25.9 Å². The predicted molar refractivity (Wildman–Crippen MR) is 72.0 cm³/mol. The van der Waals surface area contributed by atoms with Gasteiger partial charge in [0.25, 0.3) is 0 Å². The summed E-state index contributed by atoms with van der Waals surface area (Å²) in [6.45, 7) is 2.69. The number of hydrogen-bond donors (Lipinski definition) is 1. The zero-order valence-electron chi connectivity index (χ0n) is 11.6. The van der Waals surface area contributed by atoms with E-state index in [1.165, 1.54) is 0 Å². The first-order valence-electron chi connectivity index (χ1n) is 6.95. The first kappa shape index (κ1) is 13.3. The number of rotatable bonds is 5. The van der Waals surface area contributed by atoms with Crippen LogP contribution in [0.5, 0.6) is 0 Å². The van der Waals surface area contributed by atoms with E-state index >= 15 is 0 Å². The summed E-state index contributed by atoms with van der Waals surface area (Å²) in [5, 5.41) is 7.27. The molecule has 108 valence electrons. The van der Waals surface area contributed by atoms with Crippen molar-refractivity contribution in [1.82, 2.24) is 25.0 Å². The summed E-state index contributed by atoms with van der Waals surface area (Å²) in [6, 6.07) is 0. The smallest absolute Gasteiger partial charge is 0.238 e. The highest BCUT2D eigenvalue weighted by Gasteiger charge is 2.15. The monoisotopic (exact) mass is 277 g/mol. The van der Waals surface area contributed by atoms with Crippen LogP contribution in [0, 0.1) is 0 Å². The fraction of sp³-hybridized carbons (Fsp3) is 0.615. The van der Waals surface area contributed by atoms with Crippen LogP contribution >= 0.6 is 0 Å². The second-order valence-electron chi connectivity index (χ2n) is 4.94. The van der Waals surface area contributed by atoms with E-state index in [2.05, 4.69) is 20.4 Å². The van der Waals surface area contributed by atoms with Gasteiger partial charge in [-0.25, -0.2) is 4.98 Å². The molecule has 0 radical (unpaired) electrons. The molecule has 0 aromatic carbocycles. The molecule has 0 aliphatic carbocycles. The molecule has 1 aliphatic heterocycles. The second-order valence-corrected chi connectivity index (χ2v) is 4.94. The van der Waals surface area contributed by atoms with Gasteiger partial charge in [0.2, 0.25) is 11.7 Å². The lowest BCUT2D eigenvalue weighted by Crippen LogP contribution is -2.32. The number of imidazole rings is 1. The van der Waals surface area contributed by atoms with E-state index in [4.69, 9.17) is 9.26 Å². The van der Waals surface area contributed by atoms with Crippen molar-refractivity contribution < 1.29 is 9.26 Å². The molecule has 1 N–H and O–H groups in total. The van der Waals surface area contributed by atoms with Crippen molar-refractivity contribution in [3.05, 3.63) is 18.3 Å². The van der Waals surface area contributed by atoms with Crippen molar-refractivity contribution in [2.24, 2.45) is 7.05 Å². The van der Waals surface area contributed by atoms with Gasteiger partial charge in [0.05, 0.1) is 19.1 Å². The van der Waals surface area contributed by atoms with Crippen LogP contribution in [-0.2, 0) is 18.2 Å². The van der Waals surface area contributed by atoms with E-state index in [-0.39, 0.29) is 0 Å². The van der Waals surface area contributed by atoms with Gasteiger partial charge < -0.3 is 19.1 Å². The van der Waals surface area contributed by atoms with Gasteiger partial charge in [-0.2, -0.15) is 4.98 Å². The molecule has 0 amide bonds. The summed E-state index contributed by atoms with van der Waals surface area (Å²) in [5.74, 6) is 1.82. The molecule has 2 aromatic heterocycles. The Morgan fingerprint density at radius 3 is 3.05 bits per heavy atom. The molecular formula is C13H19N5O2. The van der Waals surface area contributed by atoms with Crippen LogP contribution in [0.25, 0.3) is 11.6 Å². The Labute approximate surface area is 117 Å².